The lowest BCUT2D eigenvalue weighted by Gasteiger charge is -2.26. The van der Waals surface area contributed by atoms with Gasteiger partial charge in [0.15, 0.2) is 0 Å². The molecular formula is C26H40N4O4. The summed E-state index contributed by atoms with van der Waals surface area (Å²) < 4.78 is 5.56. The molecule has 0 saturated carbocycles. The number of nitrogens with one attached hydrogen (secondary N) is 2. The second kappa shape index (κ2) is 13.4. The molecule has 0 bridgehead atoms. The molecule has 0 aliphatic carbocycles. The first-order valence-electron chi connectivity index (χ1n) is 12.7. The fourth-order valence-corrected chi connectivity index (χ4v) is 4.61. The predicted octanol–water partition coefficient (Wildman–Crippen LogP) is 2.17. The van der Waals surface area contributed by atoms with Gasteiger partial charge in [-0.15, -0.1) is 0 Å². The molecule has 2 saturated heterocycles. The number of carbonyl (C=O) groups excluding carboxylic acids is 3. The maximum absolute atomic E-state index is 12.8. The van der Waals surface area contributed by atoms with Gasteiger partial charge in [0.1, 0.15) is 6.04 Å². The van der Waals surface area contributed by atoms with E-state index in [0.717, 1.165) is 24.9 Å². The number of likely N-dealkylation sites (tertiary alicyclic amines) is 2. The minimum Gasteiger partial charge on any atom is -0.381 e. The summed E-state index contributed by atoms with van der Waals surface area (Å²) in [5.41, 5.74) is 2.20. The van der Waals surface area contributed by atoms with Crippen molar-refractivity contribution >= 4 is 17.7 Å². The second-order valence-corrected chi connectivity index (χ2v) is 9.43. The van der Waals surface area contributed by atoms with E-state index in [4.69, 9.17) is 4.74 Å². The lowest BCUT2D eigenvalue weighted by molar-refractivity contribution is -0.139. The molecule has 8 nitrogen and oxygen atoms in total. The van der Waals surface area contributed by atoms with E-state index in [9.17, 15) is 14.4 Å². The Morgan fingerprint density at radius 1 is 1.06 bits per heavy atom. The maximum atomic E-state index is 12.8. The lowest BCUT2D eigenvalue weighted by atomic mass is 10.1. The summed E-state index contributed by atoms with van der Waals surface area (Å²) in [6, 6.07) is 7.42. The molecule has 2 unspecified atom stereocenters. The molecule has 2 heterocycles. The Morgan fingerprint density at radius 3 is 2.53 bits per heavy atom. The third kappa shape index (κ3) is 8.09. The van der Waals surface area contributed by atoms with Crippen molar-refractivity contribution in [2.45, 2.75) is 64.5 Å². The van der Waals surface area contributed by atoms with E-state index in [1.54, 1.807) is 4.90 Å². The molecule has 1 aromatic rings. The Kier molecular flexibility index (Phi) is 10.3. The van der Waals surface area contributed by atoms with Gasteiger partial charge in [0.25, 0.3) is 0 Å². The van der Waals surface area contributed by atoms with Gasteiger partial charge >= 0.3 is 0 Å². The Hall–Kier alpha value is -2.45. The van der Waals surface area contributed by atoms with Gasteiger partial charge in [-0.25, -0.2) is 0 Å². The van der Waals surface area contributed by atoms with Crippen LogP contribution in [0, 0.1) is 6.92 Å². The van der Waals surface area contributed by atoms with Crippen molar-refractivity contribution in [1.29, 1.82) is 0 Å². The number of aryl methyl sites for hydroxylation is 1. The highest BCUT2D eigenvalue weighted by molar-refractivity contribution is 5.90. The standard InChI is InChI=1S/C26H40N4O4/c1-20-8-10-22(11-9-20)21(2)28-26(33)23-7-5-16-30(23)25(32)19-27-24(31)12-18-34-17-6-15-29-13-3-4-14-29/h8-11,21,23H,3-7,12-19H2,1-2H3,(H,27,31)(H,28,33). The average Bonchev–Trinajstić information content (AvgIpc) is 3.52. The molecule has 2 aliphatic rings. The lowest BCUT2D eigenvalue weighted by Crippen LogP contribution is -2.49. The molecule has 8 heteroatoms. The molecule has 2 N–H and O–H groups in total. The largest absolute Gasteiger partial charge is 0.381 e. The number of nitrogens with zero attached hydrogens (tertiary/aromatic N) is 2. The Bertz CT molecular complexity index is 808. The fraction of sp³-hybridized carbons (Fsp3) is 0.654. The average molecular weight is 473 g/mol. The van der Waals surface area contributed by atoms with Crippen LogP contribution in [-0.4, -0.2) is 79.5 Å². The molecule has 1 aromatic carbocycles. The molecule has 3 amide bonds. The third-order valence-electron chi connectivity index (χ3n) is 6.68. The van der Waals surface area contributed by atoms with Crippen molar-refractivity contribution in [3.05, 3.63) is 35.4 Å². The zero-order valence-electron chi connectivity index (χ0n) is 20.7. The van der Waals surface area contributed by atoms with E-state index in [2.05, 4.69) is 15.5 Å². The van der Waals surface area contributed by atoms with Gasteiger partial charge in [0.2, 0.25) is 17.7 Å². The number of ether oxygens (including phenoxy) is 1. The zero-order chi connectivity index (χ0) is 24.3. The van der Waals surface area contributed by atoms with Crippen LogP contribution >= 0.6 is 0 Å². The fourth-order valence-electron chi connectivity index (χ4n) is 4.61. The summed E-state index contributed by atoms with van der Waals surface area (Å²) in [6.07, 6.45) is 5.19. The van der Waals surface area contributed by atoms with Crippen molar-refractivity contribution in [3.8, 4) is 0 Å². The molecule has 3 rings (SSSR count). The van der Waals surface area contributed by atoms with Gasteiger partial charge in [-0.2, -0.15) is 0 Å². The summed E-state index contributed by atoms with van der Waals surface area (Å²) in [6.45, 7) is 8.82. The Labute approximate surface area is 203 Å². The molecule has 2 aliphatic heterocycles. The minimum atomic E-state index is -0.490. The molecule has 0 radical (unpaired) electrons. The van der Waals surface area contributed by atoms with Crippen molar-refractivity contribution in [2.24, 2.45) is 0 Å². The van der Waals surface area contributed by atoms with Crippen LogP contribution in [0.2, 0.25) is 0 Å². The summed E-state index contributed by atoms with van der Waals surface area (Å²) in [4.78, 5) is 41.7. The van der Waals surface area contributed by atoms with Gasteiger partial charge in [-0.1, -0.05) is 29.8 Å². The number of hydrogen-bond acceptors (Lipinski definition) is 5. The van der Waals surface area contributed by atoms with Crippen LogP contribution in [0.1, 0.15) is 62.6 Å². The van der Waals surface area contributed by atoms with Crippen LogP contribution in [0.4, 0.5) is 0 Å². The monoisotopic (exact) mass is 472 g/mol. The van der Waals surface area contributed by atoms with Crippen LogP contribution in [0.3, 0.4) is 0 Å². The molecule has 2 fully saturated rings. The van der Waals surface area contributed by atoms with E-state index in [-0.39, 0.29) is 36.7 Å². The van der Waals surface area contributed by atoms with E-state index in [0.29, 0.717) is 26.2 Å². The summed E-state index contributed by atoms with van der Waals surface area (Å²) in [5, 5.41) is 5.71. The Balaban J connectivity index is 1.32. The summed E-state index contributed by atoms with van der Waals surface area (Å²) >= 11 is 0. The van der Waals surface area contributed by atoms with Crippen molar-refractivity contribution in [2.75, 3.05) is 45.9 Å². The topological polar surface area (TPSA) is 91.0 Å². The van der Waals surface area contributed by atoms with Crippen molar-refractivity contribution in [3.63, 3.8) is 0 Å². The highest BCUT2D eigenvalue weighted by Gasteiger charge is 2.34. The number of carbonyl (C=O) groups is 3. The van der Waals surface area contributed by atoms with Gasteiger partial charge in [0, 0.05) is 26.1 Å². The second-order valence-electron chi connectivity index (χ2n) is 9.43. The predicted molar refractivity (Wildman–Crippen MR) is 131 cm³/mol. The van der Waals surface area contributed by atoms with Gasteiger partial charge in [-0.05, 0) is 64.6 Å². The van der Waals surface area contributed by atoms with E-state index < -0.39 is 6.04 Å². The molecular weight excluding hydrogens is 432 g/mol. The van der Waals surface area contributed by atoms with Crippen LogP contribution in [0.15, 0.2) is 24.3 Å². The van der Waals surface area contributed by atoms with Crippen LogP contribution < -0.4 is 10.6 Å². The summed E-state index contributed by atoms with van der Waals surface area (Å²) in [7, 11) is 0. The number of rotatable bonds is 12. The first-order chi connectivity index (χ1) is 16.4. The van der Waals surface area contributed by atoms with Crippen LogP contribution in [-0.2, 0) is 19.1 Å². The normalized spacial score (nSPS) is 19.2. The number of amides is 3. The number of hydrogen-bond donors (Lipinski definition) is 2. The molecule has 2 atom stereocenters. The van der Waals surface area contributed by atoms with Crippen molar-refractivity contribution in [1.82, 2.24) is 20.4 Å². The molecule has 0 aromatic heterocycles. The number of benzene rings is 1. The van der Waals surface area contributed by atoms with Gasteiger partial charge < -0.3 is 25.2 Å². The van der Waals surface area contributed by atoms with Crippen LogP contribution in [0.5, 0.6) is 0 Å². The quantitative estimate of drug-likeness (QED) is 0.455. The highest BCUT2D eigenvalue weighted by Crippen LogP contribution is 2.20. The maximum Gasteiger partial charge on any atom is 0.243 e. The first-order valence-corrected chi connectivity index (χ1v) is 12.7. The molecule has 188 valence electrons. The van der Waals surface area contributed by atoms with Crippen LogP contribution in [0.25, 0.3) is 0 Å². The molecule has 34 heavy (non-hydrogen) atoms. The SMILES string of the molecule is Cc1ccc(C(C)NC(=O)C2CCCN2C(=O)CNC(=O)CCOCCCN2CCCC2)cc1. The minimum absolute atomic E-state index is 0.0922. The smallest absolute Gasteiger partial charge is 0.243 e. The van der Waals surface area contributed by atoms with Crippen molar-refractivity contribution < 1.29 is 19.1 Å². The molecule has 0 spiro atoms. The third-order valence-corrected chi connectivity index (χ3v) is 6.68. The highest BCUT2D eigenvalue weighted by atomic mass is 16.5. The van der Waals surface area contributed by atoms with Gasteiger partial charge in [-0.3, -0.25) is 14.4 Å². The first kappa shape index (κ1) is 26.2. The van der Waals surface area contributed by atoms with E-state index >= 15 is 0 Å². The Morgan fingerprint density at radius 2 is 1.79 bits per heavy atom. The summed E-state index contributed by atoms with van der Waals surface area (Å²) in [5.74, 6) is -0.575. The van der Waals surface area contributed by atoms with E-state index in [1.807, 2.05) is 38.1 Å². The van der Waals surface area contributed by atoms with Gasteiger partial charge in [0.05, 0.1) is 19.2 Å². The van der Waals surface area contributed by atoms with E-state index in [1.165, 1.54) is 31.5 Å². The zero-order valence-corrected chi connectivity index (χ0v) is 20.7.